The van der Waals surface area contributed by atoms with Crippen LogP contribution in [0, 0.1) is 20.2 Å². The molecular weight excluding hydrogens is 376 g/mol. The zero-order valence-electron chi connectivity index (χ0n) is 11.8. The summed E-state index contributed by atoms with van der Waals surface area (Å²) in [4.78, 5) is 33.3. The van der Waals surface area contributed by atoms with E-state index in [1.165, 1.54) is 25.1 Å². The molecule has 1 rings (SSSR count). The quantitative estimate of drug-likeness (QED) is 0.330. The van der Waals surface area contributed by atoms with Gasteiger partial charge in [0.05, 0.1) is 21.5 Å². The number of hydrogen-bond acceptors (Lipinski definition) is 7. The lowest BCUT2D eigenvalue weighted by molar-refractivity contribution is -0.394. The summed E-state index contributed by atoms with van der Waals surface area (Å²) in [6.45, 7) is -0.581. The van der Waals surface area contributed by atoms with E-state index in [9.17, 15) is 25.0 Å². The Hall–Kier alpha value is -1.84. The Kier molecular flexibility index (Phi) is 5.98. The molecule has 0 atom stereocenters. The van der Waals surface area contributed by atoms with Crippen LogP contribution in [0.3, 0.4) is 0 Å². The standard InChI is InChI=1S/C11H10Cl3N3O6/c1-15(2)8-3-6(5-23-10(18)11(12,13)14)7(16(19)20)4-9(8)17(21)22/h3-4H,5H2,1-2H3. The van der Waals surface area contributed by atoms with Crippen LogP contribution in [0.15, 0.2) is 12.1 Å². The molecule has 9 nitrogen and oxygen atoms in total. The third-order valence-electron chi connectivity index (χ3n) is 2.64. The molecule has 0 N–H and O–H groups in total. The van der Waals surface area contributed by atoms with E-state index in [1.54, 1.807) is 0 Å². The number of halogens is 3. The molecule has 0 bridgehead atoms. The predicted octanol–water partition coefficient (Wildman–Crippen LogP) is 2.98. The number of carbonyl (C=O) groups is 1. The molecule has 0 spiro atoms. The first-order valence-electron chi connectivity index (χ1n) is 5.82. The van der Waals surface area contributed by atoms with Gasteiger partial charge in [-0.15, -0.1) is 0 Å². The van der Waals surface area contributed by atoms with E-state index in [4.69, 9.17) is 39.5 Å². The van der Waals surface area contributed by atoms with Crippen molar-refractivity contribution in [1.29, 1.82) is 0 Å². The lowest BCUT2D eigenvalue weighted by Crippen LogP contribution is -2.22. The van der Waals surface area contributed by atoms with Crippen LogP contribution in [0.5, 0.6) is 0 Å². The van der Waals surface area contributed by atoms with Crippen molar-refractivity contribution >= 4 is 57.8 Å². The molecule has 0 heterocycles. The zero-order chi connectivity index (χ0) is 17.9. The fourth-order valence-corrected chi connectivity index (χ4v) is 1.79. The van der Waals surface area contributed by atoms with Crippen molar-refractivity contribution in [1.82, 2.24) is 0 Å². The summed E-state index contributed by atoms with van der Waals surface area (Å²) in [6.07, 6.45) is 0. The summed E-state index contributed by atoms with van der Waals surface area (Å²) >= 11 is 16.0. The molecule has 0 aliphatic rings. The van der Waals surface area contributed by atoms with Crippen LogP contribution in [0.25, 0.3) is 0 Å². The average molecular weight is 387 g/mol. The molecule has 23 heavy (non-hydrogen) atoms. The number of ether oxygens (including phenoxy) is 1. The van der Waals surface area contributed by atoms with Gasteiger partial charge in [0.25, 0.3) is 15.2 Å². The summed E-state index contributed by atoms with van der Waals surface area (Å²) < 4.78 is 2.36. The first-order chi connectivity index (χ1) is 10.4. The van der Waals surface area contributed by atoms with E-state index >= 15 is 0 Å². The van der Waals surface area contributed by atoms with E-state index < -0.39 is 37.6 Å². The number of nitro benzene ring substituents is 2. The first kappa shape index (κ1) is 19.2. The number of nitro groups is 2. The molecule has 1 aromatic rings. The summed E-state index contributed by atoms with van der Waals surface area (Å²) in [5, 5.41) is 22.1. The van der Waals surface area contributed by atoms with Crippen LogP contribution in [0.2, 0.25) is 0 Å². The summed E-state index contributed by atoms with van der Waals surface area (Å²) in [5.41, 5.74) is -1.02. The van der Waals surface area contributed by atoms with Gasteiger partial charge < -0.3 is 9.64 Å². The maximum atomic E-state index is 11.4. The monoisotopic (exact) mass is 385 g/mol. The van der Waals surface area contributed by atoms with Gasteiger partial charge in [-0.05, 0) is 6.07 Å². The Morgan fingerprint density at radius 2 is 1.70 bits per heavy atom. The highest BCUT2D eigenvalue weighted by Gasteiger charge is 2.34. The van der Waals surface area contributed by atoms with Crippen molar-refractivity contribution in [3.63, 3.8) is 0 Å². The molecule has 0 aliphatic heterocycles. The third-order valence-corrected chi connectivity index (χ3v) is 3.10. The van der Waals surface area contributed by atoms with Gasteiger partial charge >= 0.3 is 5.97 Å². The van der Waals surface area contributed by atoms with Gasteiger partial charge in [0.15, 0.2) is 0 Å². The summed E-state index contributed by atoms with van der Waals surface area (Å²) in [7, 11) is 3.04. The molecule has 0 saturated heterocycles. The molecule has 12 heteroatoms. The smallest absolute Gasteiger partial charge is 0.358 e. The van der Waals surface area contributed by atoms with Gasteiger partial charge in [-0.3, -0.25) is 20.2 Å². The molecule has 1 aromatic carbocycles. The Bertz CT molecular complexity index is 659. The number of esters is 1. The Morgan fingerprint density at radius 1 is 1.17 bits per heavy atom. The van der Waals surface area contributed by atoms with Gasteiger partial charge in [0.1, 0.15) is 12.3 Å². The van der Waals surface area contributed by atoms with Gasteiger partial charge in [-0.1, -0.05) is 34.8 Å². The van der Waals surface area contributed by atoms with Crippen LogP contribution >= 0.6 is 34.8 Å². The van der Waals surface area contributed by atoms with Crippen molar-refractivity contribution < 1.29 is 19.4 Å². The lowest BCUT2D eigenvalue weighted by atomic mass is 10.1. The molecule has 126 valence electrons. The van der Waals surface area contributed by atoms with Gasteiger partial charge in [0, 0.05) is 14.1 Å². The molecule has 0 saturated carbocycles. The zero-order valence-corrected chi connectivity index (χ0v) is 14.1. The number of carbonyl (C=O) groups excluding carboxylic acids is 1. The van der Waals surface area contributed by atoms with Gasteiger partial charge in [-0.2, -0.15) is 0 Å². The number of hydrogen-bond donors (Lipinski definition) is 0. The van der Waals surface area contributed by atoms with E-state index in [0.717, 1.165) is 6.07 Å². The van der Waals surface area contributed by atoms with Crippen molar-refractivity contribution in [2.45, 2.75) is 10.4 Å². The first-order valence-corrected chi connectivity index (χ1v) is 6.95. The molecular formula is C11H10Cl3N3O6. The lowest BCUT2D eigenvalue weighted by Gasteiger charge is -2.15. The summed E-state index contributed by atoms with van der Waals surface area (Å²) in [5.74, 6) is -1.22. The van der Waals surface area contributed by atoms with Crippen molar-refractivity contribution in [2.75, 3.05) is 19.0 Å². The molecule has 0 aliphatic carbocycles. The second-order valence-corrected chi connectivity index (χ2v) is 6.73. The maximum Gasteiger partial charge on any atom is 0.358 e. The number of anilines is 1. The van der Waals surface area contributed by atoms with Crippen LogP contribution in [0.4, 0.5) is 17.1 Å². The number of nitrogens with zero attached hydrogens (tertiary/aromatic N) is 3. The average Bonchev–Trinajstić information content (AvgIpc) is 2.42. The molecule has 0 aromatic heterocycles. The summed E-state index contributed by atoms with van der Waals surface area (Å²) in [6, 6.07) is 1.95. The van der Waals surface area contributed by atoms with Crippen LogP contribution < -0.4 is 4.90 Å². The van der Waals surface area contributed by atoms with Crippen molar-refractivity contribution in [2.24, 2.45) is 0 Å². The number of benzene rings is 1. The third kappa shape index (κ3) is 4.81. The molecule has 0 radical (unpaired) electrons. The predicted molar refractivity (Wildman–Crippen MR) is 84.2 cm³/mol. The largest absolute Gasteiger partial charge is 0.457 e. The van der Waals surface area contributed by atoms with Gasteiger partial charge in [-0.25, -0.2) is 4.79 Å². The van der Waals surface area contributed by atoms with E-state index in [1.807, 2.05) is 0 Å². The van der Waals surface area contributed by atoms with Crippen molar-refractivity contribution in [3.8, 4) is 0 Å². The van der Waals surface area contributed by atoms with E-state index in [0.29, 0.717) is 0 Å². The van der Waals surface area contributed by atoms with Gasteiger partial charge in [0.2, 0.25) is 0 Å². The number of rotatable bonds is 5. The fraction of sp³-hybridized carbons (Fsp3) is 0.364. The minimum absolute atomic E-state index is 0.0769. The van der Waals surface area contributed by atoms with Crippen molar-refractivity contribution in [3.05, 3.63) is 37.9 Å². The minimum atomic E-state index is -2.33. The molecule has 0 fully saturated rings. The molecule has 0 amide bonds. The maximum absolute atomic E-state index is 11.4. The Labute approximate surface area is 145 Å². The topological polar surface area (TPSA) is 116 Å². The fourth-order valence-electron chi connectivity index (χ4n) is 1.62. The Balaban J connectivity index is 3.30. The number of alkyl halides is 3. The molecule has 0 unspecified atom stereocenters. The minimum Gasteiger partial charge on any atom is -0.457 e. The van der Waals surface area contributed by atoms with Crippen LogP contribution in [-0.2, 0) is 16.1 Å². The second kappa shape index (κ2) is 7.16. The SMILES string of the molecule is CN(C)c1cc(COC(=O)C(Cl)(Cl)Cl)c([N+](=O)[O-])cc1[N+](=O)[O-]. The van der Waals surface area contributed by atoms with Crippen LogP contribution in [-0.4, -0.2) is 33.7 Å². The second-order valence-electron chi connectivity index (χ2n) is 4.45. The highest BCUT2D eigenvalue weighted by atomic mass is 35.6. The highest BCUT2D eigenvalue weighted by molar-refractivity contribution is 6.75. The normalized spacial score (nSPS) is 11.0. The van der Waals surface area contributed by atoms with E-state index in [-0.39, 0.29) is 11.3 Å². The Morgan fingerprint density at radius 3 is 2.09 bits per heavy atom. The van der Waals surface area contributed by atoms with Crippen LogP contribution in [0.1, 0.15) is 5.56 Å². The highest BCUT2D eigenvalue weighted by Crippen LogP contribution is 2.35. The van der Waals surface area contributed by atoms with E-state index in [2.05, 4.69) is 0 Å².